The standard InChI is InChI=1S/C22H30N4O2/c1-17-5-7-19(8-6-17)26-20(13-18(2)24-26)23-21(27)14-25-11-12-28-16-22(15-25)9-3-4-10-22/h5-8,13H,3-4,9-12,14-16H2,1-2H3,(H,23,27). The second-order valence-corrected chi connectivity index (χ2v) is 8.44. The van der Waals surface area contributed by atoms with Crippen LogP contribution in [0.25, 0.3) is 5.69 Å². The van der Waals surface area contributed by atoms with E-state index in [0.29, 0.717) is 19.0 Å². The summed E-state index contributed by atoms with van der Waals surface area (Å²) in [5.41, 5.74) is 3.27. The van der Waals surface area contributed by atoms with Crippen molar-refractivity contribution in [2.24, 2.45) is 5.41 Å². The molecule has 150 valence electrons. The van der Waals surface area contributed by atoms with Gasteiger partial charge < -0.3 is 10.1 Å². The average molecular weight is 383 g/mol. The molecular weight excluding hydrogens is 352 g/mol. The van der Waals surface area contributed by atoms with E-state index in [2.05, 4.69) is 34.4 Å². The van der Waals surface area contributed by atoms with Crippen molar-refractivity contribution < 1.29 is 9.53 Å². The number of ether oxygens (including phenoxy) is 1. The number of benzene rings is 1. The van der Waals surface area contributed by atoms with Crippen LogP contribution >= 0.6 is 0 Å². The minimum Gasteiger partial charge on any atom is -0.379 e. The number of amides is 1. The molecule has 1 amide bonds. The highest BCUT2D eigenvalue weighted by Gasteiger charge is 2.37. The molecule has 1 saturated heterocycles. The highest BCUT2D eigenvalue weighted by atomic mass is 16.5. The van der Waals surface area contributed by atoms with Crippen molar-refractivity contribution in [1.29, 1.82) is 0 Å². The Bertz CT molecular complexity index is 822. The highest BCUT2D eigenvalue weighted by Crippen LogP contribution is 2.40. The Balaban J connectivity index is 1.44. The third-order valence-corrected chi connectivity index (χ3v) is 5.93. The molecule has 2 aliphatic rings. The van der Waals surface area contributed by atoms with Crippen LogP contribution in [0.4, 0.5) is 5.82 Å². The maximum absolute atomic E-state index is 12.8. The summed E-state index contributed by atoms with van der Waals surface area (Å²) < 4.78 is 7.67. The van der Waals surface area contributed by atoms with E-state index in [-0.39, 0.29) is 11.3 Å². The van der Waals surface area contributed by atoms with Gasteiger partial charge >= 0.3 is 0 Å². The second-order valence-electron chi connectivity index (χ2n) is 8.44. The average Bonchev–Trinajstić information content (AvgIpc) is 3.20. The Morgan fingerprint density at radius 1 is 1.21 bits per heavy atom. The van der Waals surface area contributed by atoms with Crippen molar-refractivity contribution in [2.45, 2.75) is 39.5 Å². The molecule has 1 aromatic heterocycles. The maximum Gasteiger partial charge on any atom is 0.239 e. The number of carbonyl (C=O) groups is 1. The largest absolute Gasteiger partial charge is 0.379 e. The van der Waals surface area contributed by atoms with Crippen LogP contribution in [0, 0.1) is 19.3 Å². The third-order valence-electron chi connectivity index (χ3n) is 5.93. The van der Waals surface area contributed by atoms with E-state index in [1.807, 2.05) is 25.1 Å². The van der Waals surface area contributed by atoms with Crippen LogP contribution in [-0.2, 0) is 9.53 Å². The predicted octanol–water partition coefficient (Wildman–Crippen LogP) is 3.32. The highest BCUT2D eigenvalue weighted by molar-refractivity contribution is 5.91. The summed E-state index contributed by atoms with van der Waals surface area (Å²) in [5, 5.41) is 7.62. The summed E-state index contributed by atoms with van der Waals surface area (Å²) in [4.78, 5) is 15.1. The molecule has 0 radical (unpaired) electrons. The fraction of sp³-hybridized carbons (Fsp3) is 0.545. The van der Waals surface area contributed by atoms with Gasteiger partial charge in [0.25, 0.3) is 0 Å². The minimum absolute atomic E-state index is 0.00306. The van der Waals surface area contributed by atoms with Gasteiger partial charge in [0.15, 0.2) is 0 Å². The van der Waals surface area contributed by atoms with E-state index in [4.69, 9.17) is 4.74 Å². The van der Waals surface area contributed by atoms with Gasteiger partial charge in [0.1, 0.15) is 5.82 Å². The van der Waals surface area contributed by atoms with Gasteiger partial charge in [-0.15, -0.1) is 0 Å². The van der Waals surface area contributed by atoms with E-state index < -0.39 is 0 Å². The third kappa shape index (κ3) is 4.28. The van der Waals surface area contributed by atoms with Gasteiger partial charge in [0.05, 0.1) is 31.1 Å². The van der Waals surface area contributed by atoms with Crippen LogP contribution in [0.2, 0.25) is 0 Å². The monoisotopic (exact) mass is 382 g/mol. The van der Waals surface area contributed by atoms with Crippen LogP contribution in [-0.4, -0.2) is 53.4 Å². The molecule has 28 heavy (non-hydrogen) atoms. The van der Waals surface area contributed by atoms with Gasteiger partial charge in [-0.25, -0.2) is 4.68 Å². The van der Waals surface area contributed by atoms with E-state index in [1.165, 1.54) is 31.2 Å². The molecule has 0 atom stereocenters. The lowest BCUT2D eigenvalue weighted by Gasteiger charge is -2.31. The lowest BCUT2D eigenvalue weighted by atomic mass is 9.87. The molecule has 2 aromatic rings. The van der Waals surface area contributed by atoms with Crippen LogP contribution < -0.4 is 5.32 Å². The van der Waals surface area contributed by atoms with Gasteiger partial charge in [0.2, 0.25) is 5.91 Å². The van der Waals surface area contributed by atoms with Gasteiger partial charge in [-0.3, -0.25) is 9.69 Å². The summed E-state index contributed by atoms with van der Waals surface area (Å²) in [7, 11) is 0. The summed E-state index contributed by atoms with van der Waals surface area (Å²) in [6, 6.07) is 10.1. The zero-order chi connectivity index (χ0) is 19.6. The molecule has 2 heterocycles. The smallest absolute Gasteiger partial charge is 0.239 e. The molecule has 1 aromatic carbocycles. The molecule has 1 spiro atoms. The molecule has 1 aliphatic carbocycles. The van der Waals surface area contributed by atoms with Crippen molar-refractivity contribution in [3.63, 3.8) is 0 Å². The number of hydrogen-bond acceptors (Lipinski definition) is 4. The molecule has 1 N–H and O–H groups in total. The SMILES string of the molecule is Cc1ccc(-n2nc(C)cc2NC(=O)CN2CCOCC3(CCCC3)C2)cc1. The number of aryl methyl sites for hydroxylation is 2. The van der Waals surface area contributed by atoms with Crippen molar-refractivity contribution in [3.05, 3.63) is 41.6 Å². The zero-order valence-corrected chi connectivity index (χ0v) is 16.9. The maximum atomic E-state index is 12.8. The summed E-state index contributed by atoms with van der Waals surface area (Å²) in [6.45, 7) is 7.70. The predicted molar refractivity (Wildman–Crippen MR) is 110 cm³/mol. The number of anilines is 1. The fourth-order valence-corrected chi connectivity index (χ4v) is 4.50. The molecule has 1 aliphatic heterocycles. The molecule has 0 bridgehead atoms. The van der Waals surface area contributed by atoms with Crippen LogP contribution in [0.3, 0.4) is 0 Å². The van der Waals surface area contributed by atoms with E-state index in [9.17, 15) is 4.79 Å². The Kier molecular flexibility index (Phi) is 5.51. The Morgan fingerprint density at radius 3 is 2.71 bits per heavy atom. The van der Waals surface area contributed by atoms with Gasteiger partial charge in [0, 0.05) is 24.6 Å². The number of nitrogens with one attached hydrogen (secondary N) is 1. The second kappa shape index (κ2) is 8.05. The number of hydrogen-bond donors (Lipinski definition) is 1. The molecule has 0 unspecified atom stereocenters. The number of aromatic nitrogens is 2. The molecular formula is C22H30N4O2. The van der Waals surface area contributed by atoms with Gasteiger partial charge in [-0.05, 0) is 38.8 Å². The Hall–Kier alpha value is -2.18. The Morgan fingerprint density at radius 2 is 1.96 bits per heavy atom. The minimum atomic E-state index is 0.00306. The molecule has 1 saturated carbocycles. The van der Waals surface area contributed by atoms with Gasteiger partial charge in [-0.2, -0.15) is 5.10 Å². The first-order valence-electron chi connectivity index (χ1n) is 10.3. The lowest BCUT2D eigenvalue weighted by molar-refractivity contribution is -0.117. The van der Waals surface area contributed by atoms with Crippen LogP contribution in [0.5, 0.6) is 0 Å². The number of nitrogens with zero attached hydrogens (tertiary/aromatic N) is 3. The van der Waals surface area contributed by atoms with E-state index >= 15 is 0 Å². The Labute approximate surface area is 166 Å². The van der Waals surface area contributed by atoms with Crippen molar-refractivity contribution in [3.8, 4) is 5.69 Å². The first kappa shape index (κ1) is 19.2. The molecule has 6 nitrogen and oxygen atoms in total. The summed E-state index contributed by atoms with van der Waals surface area (Å²) in [5.74, 6) is 0.719. The van der Waals surface area contributed by atoms with Crippen molar-refractivity contribution >= 4 is 11.7 Å². The first-order valence-corrected chi connectivity index (χ1v) is 10.3. The summed E-state index contributed by atoms with van der Waals surface area (Å²) in [6.07, 6.45) is 4.98. The zero-order valence-electron chi connectivity index (χ0n) is 16.9. The first-order chi connectivity index (χ1) is 13.5. The van der Waals surface area contributed by atoms with Crippen LogP contribution in [0.1, 0.15) is 36.9 Å². The molecule has 4 rings (SSSR count). The topological polar surface area (TPSA) is 59.4 Å². The molecule has 6 heteroatoms. The quantitative estimate of drug-likeness (QED) is 0.881. The molecule has 2 fully saturated rings. The van der Waals surface area contributed by atoms with Crippen LogP contribution in [0.15, 0.2) is 30.3 Å². The fourth-order valence-electron chi connectivity index (χ4n) is 4.50. The van der Waals surface area contributed by atoms with Gasteiger partial charge in [-0.1, -0.05) is 30.5 Å². The van der Waals surface area contributed by atoms with E-state index in [0.717, 1.165) is 31.1 Å². The van der Waals surface area contributed by atoms with Crippen molar-refractivity contribution in [1.82, 2.24) is 14.7 Å². The number of carbonyl (C=O) groups excluding carboxylic acids is 1. The lowest BCUT2D eigenvalue weighted by Crippen LogP contribution is -2.41. The van der Waals surface area contributed by atoms with Crippen molar-refractivity contribution in [2.75, 3.05) is 38.2 Å². The summed E-state index contributed by atoms with van der Waals surface area (Å²) >= 11 is 0. The number of rotatable bonds is 4. The normalized spacial score (nSPS) is 19.6. The van der Waals surface area contributed by atoms with E-state index in [1.54, 1.807) is 4.68 Å².